The average molecular weight is 254 g/mol. The van der Waals surface area contributed by atoms with Crippen LogP contribution in [0.25, 0.3) is 0 Å². The van der Waals surface area contributed by atoms with E-state index in [4.69, 9.17) is 4.74 Å². The van der Waals surface area contributed by atoms with Crippen molar-refractivity contribution >= 4 is 12.0 Å². The fourth-order valence-corrected chi connectivity index (χ4v) is 2.73. The number of fused-ring (bicyclic) bond motifs is 2. The lowest BCUT2D eigenvalue weighted by Gasteiger charge is -2.30. The summed E-state index contributed by atoms with van der Waals surface area (Å²) in [7, 11) is 1.80. The van der Waals surface area contributed by atoms with Gasteiger partial charge in [0, 0.05) is 26.1 Å². The average Bonchev–Trinajstić information content (AvgIpc) is 2.52. The molecule has 0 spiro atoms. The van der Waals surface area contributed by atoms with Crippen LogP contribution in [0.3, 0.4) is 0 Å². The van der Waals surface area contributed by atoms with E-state index in [1.54, 1.807) is 16.8 Å². The molecular formula is C13H22N2O3. The highest BCUT2D eigenvalue weighted by molar-refractivity contribution is 5.79. The van der Waals surface area contributed by atoms with E-state index in [0.29, 0.717) is 13.0 Å². The zero-order chi connectivity index (χ0) is 13.5. The van der Waals surface area contributed by atoms with Gasteiger partial charge in [-0.3, -0.25) is 9.69 Å². The Bertz CT molecular complexity index is 362. The van der Waals surface area contributed by atoms with Crippen molar-refractivity contribution in [2.24, 2.45) is 0 Å². The minimum absolute atomic E-state index is 0.0160. The molecule has 0 aromatic carbocycles. The summed E-state index contributed by atoms with van der Waals surface area (Å²) in [5, 5.41) is 0. The van der Waals surface area contributed by atoms with Crippen LogP contribution in [0.15, 0.2) is 0 Å². The molecule has 0 N–H and O–H groups in total. The highest BCUT2D eigenvalue weighted by Gasteiger charge is 2.43. The summed E-state index contributed by atoms with van der Waals surface area (Å²) in [4.78, 5) is 27.5. The topological polar surface area (TPSA) is 49.9 Å². The van der Waals surface area contributed by atoms with E-state index in [0.717, 1.165) is 12.8 Å². The fraction of sp³-hybridized carbons (Fsp3) is 0.846. The molecule has 2 rings (SSSR count). The van der Waals surface area contributed by atoms with Gasteiger partial charge < -0.3 is 9.64 Å². The largest absolute Gasteiger partial charge is 0.444 e. The SMILES string of the molecule is CN1CC2CCC(CC1=O)N2C(=O)OC(C)(C)C. The standard InChI is InChI=1S/C13H22N2O3/c1-13(2,3)18-12(17)15-9-5-6-10(15)8-14(4)11(16)7-9/h9-10H,5-8H2,1-4H3. The Balaban J connectivity index is 2.13. The van der Waals surface area contributed by atoms with E-state index in [1.807, 2.05) is 20.8 Å². The molecule has 2 atom stereocenters. The summed E-state index contributed by atoms with van der Waals surface area (Å²) in [6.45, 7) is 6.21. The van der Waals surface area contributed by atoms with E-state index < -0.39 is 5.60 Å². The number of ether oxygens (including phenoxy) is 1. The molecule has 0 aromatic rings. The molecule has 102 valence electrons. The number of carbonyl (C=O) groups is 2. The molecule has 2 fully saturated rings. The van der Waals surface area contributed by atoms with Gasteiger partial charge in [-0.05, 0) is 33.6 Å². The van der Waals surface area contributed by atoms with Crippen LogP contribution in [0.1, 0.15) is 40.0 Å². The molecule has 5 heteroatoms. The van der Waals surface area contributed by atoms with E-state index in [1.165, 1.54) is 0 Å². The molecule has 2 aliphatic heterocycles. The Kier molecular flexibility index (Phi) is 3.25. The number of nitrogens with zero attached hydrogens (tertiary/aromatic N) is 2. The van der Waals surface area contributed by atoms with Crippen molar-refractivity contribution in [3.05, 3.63) is 0 Å². The van der Waals surface area contributed by atoms with Crippen LogP contribution in [-0.2, 0) is 9.53 Å². The number of likely N-dealkylation sites (N-methyl/N-ethyl adjacent to an activating group) is 1. The molecule has 2 heterocycles. The quantitative estimate of drug-likeness (QED) is 0.660. The zero-order valence-electron chi connectivity index (χ0n) is 11.6. The molecule has 18 heavy (non-hydrogen) atoms. The third-order valence-electron chi connectivity index (χ3n) is 3.54. The fourth-order valence-electron chi connectivity index (χ4n) is 2.73. The lowest BCUT2D eigenvalue weighted by Crippen LogP contribution is -2.45. The van der Waals surface area contributed by atoms with Crippen LogP contribution >= 0.6 is 0 Å². The summed E-state index contributed by atoms with van der Waals surface area (Å²) in [6.07, 6.45) is 2.01. The van der Waals surface area contributed by atoms with Gasteiger partial charge in [0.2, 0.25) is 5.91 Å². The summed E-state index contributed by atoms with van der Waals surface area (Å²) >= 11 is 0. The van der Waals surface area contributed by atoms with Crippen LogP contribution in [-0.4, -0.2) is 53.1 Å². The van der Waals surface area contributed by atoms with Crippen LogP contribution in [0.2, 0.25) is 0 Å². The summed E-state index contributed by atoms with van der Waals surface area (Å²) < 4.78 is 5.44. The molecule has 0 radical (unpaired) electrons. The summed E-state index contributed by atoms with van der Waals surface area (Å²) in [5.74, 6) is 0.121. The Labute approximate surface area is 108 Å². The second-order valence-corrected chi connectivity index (χ2v) is 6.25. The molecule has 2 amide bonds. The first kappa shape index (κ1) is 13.2. The molecule has 2 aliphatic rings. The molecule has 0 aliphatic carbocycles. The van der Waals surface area contributed by atoms with Gasteiger partial charge in [0.05, 0.1) is 6.04 Å². The van der Waals surface area contributed by atoms with E-state index >= 15 is 0 Å². The third-order valence-corrected chi connectivity index (χ3v) is 3.54. The van der Waals surface area contributed by atoms with Crippen LogP contribution in [0.4, 0.5) is 4.79 Å². The number of hydrogen-bond acceptors (Lipinski definition) is 3. The number of rotatable bonds is 0. The smallest absolute Gasteiger partial charge is 0.410 e. The number of likely N-dealkylation sites (tertiary alicyclic amines) is 1. The minimum Gasteiger partial charge on any atom is -0.444 e. The minimum atomic E-state index is -0.487. The summed E-state index contributed by atoms with van der Waals surface area (Å²) in [6, 6.07) is 0.128. The van der Waals surface area contributed by atoms with E-state index in [9.17, 15) is 9.59 Å². The number of amides is 2. The lowest BCUT2D eigenvalue weighted by molar-refractivity contribution is -0.130. The van der Waals surface area contributed by atoms with Crippen LogP contribution < -0.4 is 0 Å². The number of carbonyl (C=O) groups excluding carboxylic acids is 2. The number of hydrogen-bond donors (Lipinski definition) is 0. The second kappa shape index (κ2) is 4.44. The first-order valence-corrected chi connectivity index (χ1v) is 6.53. The molecule has 2 bridgehead atoms. The maximum absolute atomic E-state index is 12.2. The van der Waals surface area contributed by atoms with Gasteiger partial charge in [0.25, 0.3) is 0 Å². The molecule has 0 aromatic heterocycles. The lowest BCUT2D eigenvalue weighted by atomic mass is 10.1. The molecule has 2 saturated heterocycles. The maximum Gasteiger partial charge on any atom is 0.410 e. The van der Waals surface area contributed by atoms with Crippen molar-refractivity contribution in [3.8, 4) is 0 Å². The van der Waals surface area contributed by atoms with Crippen molar-refractivity contribution < 1.29 is 14.3 Å². The van der Waals surface area contributed by atoms with Gasteiger partial charge in [-0.15, -0.1) is 0 Å². The van der Waals surface area contributed by atoms with Gasteiger partial charge in [-0.2, -0.15) is 0 Å². The first-order valence-electron chi connectivity index (χ1n) is 6.53. The maximum atomic E-state index is 12.2. The van der Waals surface area contributed by atoms with Crippen molar-refractivity contribution in [2.45, 2.75) is 57.7 Å². The first-order chi connectivity index (χ1) is 8.28. The van der Waals surface area contributed by atoms with Gasteiger partial charge >= 0.3 is 6.09 Å². The van der Waals surface area contributed by atoms with Crippen molar-refractivity contribution in [1.29, 1.82) is 0 Å². The van der Waals surface area contributed by atoms with Gasteiger partial charge in [0.15, 0.2) is 0 Å². The van der Waals surface area contributed by atoms with Gasteiger partial charge in [0.1, 0.15) is 5.60 Å². The van der Waals surface area contributed by atoms with Crippen molar-refractivity contribution in [3.63, 3.8) is 0 Å². The Hall–Kier alpha value is -1.26. The third kappa shape index (κ3) is 2.60. The van der Waals surface area contributed by atoms with Crippen molar-refractivity contribution in [1.82, 2.24) is 9.80 Å². The zero-order valence-corrected chi connectivity index (χ0v) is 11.6. The highest BCUT2D eigenvalue weighted by atomic mass is 16.6. The van der Waals surface area contributed by atoms with Crippen LogP contribution in [0.5, 0.6) is 0 Å². The normalized spacial score (nSPS) is 28.3. The van der Waals surface area contributed by atoms with Gasteiger partial charge in [-0.1, -0.05) is 0 Å². The monoisotopic (exact) mass is 254 g/mol. The molecular weight excluding hydrogens is 232 g/mol. The van der Waals surface area contributed by atoms with E-state index in [2.05, 4.69) is 0 Å². The Morgan fingerprint density at radius 3 is 2.50 bits per heavy atom. The molecule has 0 saturated carbocycles. The van der Waals surface area contributed by atoms with Crippen LogP contribution in [0, 0.1) is 0 Å². The predicted octanol–water partition coefficient (Wildman–Crippen LogP) is 1.62. The predicted molar refractivity (Wildman–Crippen MR) is 67.1 cm³/mol. The van der Waals surface area contributed by atoms with Gasteiger partial charge in [-0.25, -0.2) is 4.79 Å². The second-order valence-electron chi connectivity index (χ2n) is 6.25. The highest BCUT2D eigenvalue weighted by Crippen LogP contribution is 2.31. The van der Waals surface area contributed by atoms with E-state index in [-0.39, 0.29) is 24.1 Å². The molecule has 2 unspecified atom stereocenters. The summed E-state index contributed by atoms with van der Waals surface area (Å²) in [5.41, 5.74) is -0.487. The molecule has 5 nitrogen and oxygen atoms in total. The Morgan fingerprint density at radius 2 is 1.89 bits per heavy atom. The Morgan fingerprint density at radius 1 is 1.28 bits per heavy atom. The van der Waals surface area contributed by atoms with Crippen molar-refractivity contribution in [2.75, 3.05) is 13.6 Å².